The number of hydrogen-bond acceptors (Lipinski definition) is 3. The zero-order chi connectivity index (χ0) is 19.6. The van der Waals surface area contributed by atoms with E-state index in [1.165, 1.54) is 6.42 Å². The van der Waals surface area contributed by atoms with Crippen LogP contribution in [0.25, 0.3) is 0 Å². The van der Waals surface area contributed by atoms with Crippen molar-refractivity contribution in [2.24, 2.45) is 5.92 Å². The van der Waals surface area contributed by atoms with Crippen LogP contribution in [-0.4, -0.2) is 18.4 Å². The standard InChI is InChI=1S/C22H28N2O3/c1-13-9-15(3)22(16(4)10-13)24-21(26)12-23-20(25)8-6-17-5-7-19(27-17)18-11-14(18)2/h5,7,9-10,14,18H,6,8,11-12H2,1-4H3,(H,23,25)(H,24,26)/t14-,18-/m0/s1. The van der Waals surface area contributed by atoms with Crippen LogP contribution in [0.5, 0.6) is 0 Å². The highest BCUT2D eigenvalue weighted by Gasteiger charge is 2.36. The van der Waals surface area contributed by atoms with Gasteiger partial charge in [0.25, 0.3) is 0 Å². The van der Waals surface area contributed by atoms with Crippen LogP contribution >= 0.6 is 0 Å². The third-order valence-electron chi connectivity index (χ3n) is 5.14. The smallest absolute Gasteiger partial charge is 0.243 e. The molecule has 1 aromatic heterocycles. The average molecular weight is 368 g/mol. The summed E-state index contributed by atoms with van der Waals surface area (Å²) >= 11 is 0. The van der Waals surface area contributed by atoms with Crippen molar-refractivity contribution >= 4 is 17.5 Å². The minimum atomic E-state index is -0.221. The fraction of sp³-hybridized carbons (Fsp3) is 0.455. The highest BCUT2D eigenvalue weighted by molar-refractivity contribution is 5.95. The van der Waals surface area contributed by atoms with Gasteiger partial charge in [-0.25, -0.2) is 0 Å². The van der Waals surface area contributed by atoms with Crippen LogP contribution in [0, 0.1) is 26.7 Å². The monoisotopic (exact) mass is 368 g/mol. The maximum absolute atomic E-state index is 12.2. The minimum Gasteiger partial charge on any atom is -0.466 e. The van der Waals surface area contributed by atoms with Gasteiger partial charge in [0.15, 0.2) is 0 Å². The van der Waals surface area contributed by atoms with Crippen LogP contribution in [0.1, 0.15) is 53.9 Å². The lowest BCUT2D eigenvalue weighted by Crippen LogP contribution is -2.33. The fourth-order valence-electron chi connectivity index (χ4n) is 3.51. The maximum atomic E-state index is 12.2. The summed E-state index contributed by atoms with van der Waals surface area (Å²) in [5, 5.41) is 5.57. The third kappa shape index (κ3) is 5.00. The molecule has 0 bridgehead atoms. The topological polar surface area (TPSA) is 71.3 Å². The number of hydrogen-bond donors (Lipinski definition) is 2. The summed E-state index contributed by atoms with van der Waals surface area (Å²) in [5.41, 5.74) is 4.02. The van der Waals surface area contributed by atoms with Gasteiger partial charge in [-0.05, 0) is 56.4 Å². The van der Waals surface area contributed by atoms with Gasteiger partial charge in [-0.3, -0.25) is 9.59 Å². The second kappa shape index (κ2) is 7.99. The third-order valence-corrected chi connectivity index (χ3v) is 5.14. The van der Waals surface area contributed by atoms with E-state index in [0.29, 0.717) is 24.7 Å². The largest absolute Gasteiger partial charge is 0.466 e. The number of rotatable bonds is 7. The first kappa shape index (κ1) is 19.2. The minimum absolute atomic E-state index is 0.0332. The van der Waals surface area contributed by atoms with E-state index in [1.54, 1.807) is 0 Å². The molecule has 0 spiro atoms. The van der Waals surface area contributed by atoms with Crippen LogP contribution in [-0.2, 0) is 16.0 Å². The van der Waals surface area contributed by atoms with Gasteiger partial charge in [-0.15, -0.1) is 0 Å². The lowest BCUT2D eigenvalue weighted by molar-refractivity contribution is -0.124. The molecule has 1 aromatic carbocycles. The van der Waals surface area contributed by atoms with Crippen molar-refractivity contribution < 1.29 is 14.0 Å². The van der Waals surface area contributed by atoms with Crippen molar-refractivity contribution in [1.82, 2.24) is 5.32 Å². The molecule has 5 heteroatoms. The molecule has 0 aliphatic heterocycles. The summed E-state index contributed by atoms with van der Waals surface area (Å²) in [4.78, 5) is 24.2. The molecule has 144 valence electrons. The second-order valence-electron chi connectivity index (χ2n) is 7.72. The predicted molar refractivity (Wildman–Crippen MR) is 106 cm³/mol. The number of nitrogens with one attached hydrogen (secondary N) is 2. The number of carbonyl (C=O) groups excluding carboxylic acids is 2. The molecule has 0 saturated heterocycles. The molecule has 27 heavy (non-hydrogen) atoms. The van der Waals surface area contributed by atoms with Gasteiger partial charge in [0.05, 0.1) is 6.54 Å². The highest BCUT2D eigenvalue weighted by Crippen LogP contribution is 2.47. The molecule has 2 atom stereocenters. The first-order valence-corrected chi connectivity index (χ1v) is 9.56. The number of aryl methyl sites for hydroxylation is 4. The molecule has 2 N–H and O–H groups in total. The number of amides is 2. The van der Waals surface area contributed by atoms with E-state index in [9.17, 15) is 9.59 Å². The van der Waals surface area contributed by atoms with Crippen LogP contribution in [0.2, 0.25) is 0 Å². The van der Waals surface area contributed by atoms with Gasteiger partial charge in [-0.2, -0.15) is 0 Å². The van der Waals surface area contributed by atoms with Crippen molar-refractivity contribution in [2.45, 2.75) is 52.9 Å². The van der Waals surface area contributed by atoms with Crippen LogP contribution in [0.15, 0.2) is 28.7 Å². The van der Waals surface area contributed by atoms with Crippen molar-refractivity contribution in [2.75, 3.05) is 11.9 Å². The lowest BCUT2D eigenvalue weighted by atomic mass is 10.1. The normalized spacial score (nSPS) is 18.2. The van der Waals surface area contributed by atoms with E-state index >= 15 is 0 Å². The predicted octanol–water partition coefficient (Wildman–Crippen LogP) is 4.02. The second-order valence-corrected chi connectivity index (χ2v) is 7.72. The molecular weight excluding hydrogens is 340 g/mol. The molecule has 0 unspecified atom stereocenters. The summed E-state index contributed by atoms with van der Waals surface area (Å²) in [6, 6.07) is 8.02. The van der Waals surface area contributed by atoms with Crippen molar-refractivity contribution in [1.29, 1.82) is 0 Å². The molecule has 5 nitrogen and oxygen atoms in total. The van der Waals surface area contributed by atoms with E-state index in [0.717, 1.165) is 33.9 Å². The molecule has 2 amide bonds. The Bertz CT molecular complexity index is 830. The average Bonchev–Trinajstić information content (AvgIpc) is 3.15. The summed E-state index contributed by atoms with van der Waals surface area (Å²) in [6.07, 6.45) is 2.04. The van der Waals surface area contributed by atoms with Crippen LogP contribution in [0.4, 0.5) is 5.69 Å². The molecule has 0 radical (unpaired) electrons. The number of furan rings is 1. The molecular formula is C22H28N2O3. The Morgan fingerprint density at radius 2 is 1.78 bits per heavy atom. The molecule has 1 saturated carbocycles. The Morgan fingerprint density at radius 3 is 2.41 bits per heavy atom. The summed E-state index contributed by atoms with van der Waals surface area (Å²) in [5.74, 6) is 2.73. The van der Waals surface area contributed by atoms with Gasteiger partial charge >= 0.3 is 0 Å². The Morgan fingerprint density at radius 1 is 1.11 bits per heavy atom. The zero-order valence-electron chi connectivity index (χ0n) is 16.5. The first-order chi connectivity index (χ1) is 12.8. The molecule has 2 aromatic rings. The van der Waals surface area contributed by atoms with Crippen LogP contribution in [0.3, 0.4) is 0 Å². The Balaban J connectivity index is 1.42. The van der Waals surface area contributed by atoms with Crippen molar-refractivity contribution in [3.63, 3.8) is 0 Å². The van der Waals surface area contributed by atoms with Gasteiger partial charge in [0.1, 0.15) is 11.5 Å². The van der Waals surface area contributed by atoms with Gasteiger partial charge in [0, 0.05) is 24.4 Å². The van der Waals surface area contributed by atoms with Crippen molar-refractivity contribution in [3.8, 4) is 0 Å². The van der Waals surface area contributed by atoms with E-state index in [4.69, 9.17) is 4.42 Å². The van der Waals surface area contributed by atoms with Crippen molar-refractivity contribution in [3.05, 3.63) is 52.5 Å². The van der Waals surface area contributed by atoms with E-state index < -0.39 is 0 Å². The van der Waals surface area contributed by atoms with E-state index in [-0.39, 0.29) is 18.4 Å². The quantitative estimate of drug-likeness (QED) is 0.775. The zero-order valence-corrected chi connectivity index (χ0v) is 16.5. The Labute approximate surface area is 160 Å². The SMILES string of the molecule is Cc1cc(C)c(NC(=O)CNC(=O)CCc2ccc([C@H]3C[C@@H]3C)o2)c(C)c1. The Kier molecular flexibility index (Phi) is 5.68. The molecule has 1 aliphatic carbocycles. The molecule has 1 heterocycles. The van der Waals surface area contributed by atoms with Gasteiger partial charge in [0.2, 0.25) is 11.8 Å². The summed E-state index contributed by atoms with van der Waals surface area (Å²) in [7, 11) is 0. The highest BCUT2D eigenvalue weighted by atomic mass is 16.3. The summed E-state index contributed by atoms with van der Waals surface area (Å²) in [6.45, 7) is 8.14. The number of anilines is 1. The van der Waals surface area contributed by atoms with Gasteiger partial charge in [-0.1, -0.05) is 24.6 Å². The van der Waals surface area contributed by atoms with E-state index in [2.05, 4.69) is 17.6 Å². The fourth-order valence-corrected chi connectivity index (χ4v) is 3.51. The maximum Gasteiger partial charge on any atom is 0.243 e. The molecule has 1 fully saturated rings. The Hall–Kier alpha value is -2.56. The first-order valence-electron chi connectivity index (χ1n) is 9.56. The summed E-state index contributed by atoms with van der Waals surface area (Å²) < 4.78 is 5.81. The van der Waals surface area contributed by atoms with Gasteiger partial charge < -0.3 is 15.1 Å². The molecule has 3 rings (SSSR count). The van der Waals surface area contributed by atoms with Crippen LogP contribution < -0.4 is 10.6 Å². The number of benzene rings is 1. The van der Waals surface area contributed by atoms with E-state index in [1.807, 2.05) is 45.0 Å². The lowest BCUT2D eigenvalue weighted by Gasteiger charge is -2.13. The number of carbonyl (C=O) groups is 2. The molecule has 1 aliphatic rings.